The lowest BCUT2D eigenvalue weighted by Crippen LogP contribution is -2.20. The van der Waals surface area contributed by atoms with Gasteiger partial charge in [-0.05, 0) is 59.7 Å². The van der Waals surface area contributed by atoms with Crippen molar-refractivity contribution >= 4 is 34.5 Å². The molecule has 0 fully saturated rings. The molecule has 1 aromatic heterocycles. The van der Waals surface area contributed by atoms with Crippen molar-refractivity contribution < 1.29 is 14.3 Å². The van der Waals surface area contributed by atoms with Gasteiger partial charge in [0.1, 0.15) is 5.75 Å². The number of nitrogens with one attached hydrogen (secondary N) is 2. The van der Waals surface area contributed by atoms with E-state index >= 15 is 0 Å². The number of hydrogen-bond donors (Lipinski definition) is 2. The molecular formula is C23H24N2O3S. The summed E-state index contributed by atoms with van der Waals surface area (Å²) in [6, 6.07) is 18.4. The molecule has 0 saturated heterocycles. The van der Waals surface area contributed by atoms with Crippen LogP contribution >= 0.6 is 11.3 Å². The van der Waals surface area contributed by atoms with Crippen LogP contribution in [0, 0.1) is 0 Å². The van der Waals surface area contributed by atoms with Crippen molar-refractivity contribution in [3.8, 4) is 5.75 Å². The zero-order valence-electron chi connectivity index (χ0n) is 16.5. The van der Waals surface area contributed by atoms with Crippen molar-refractivity contribution in [2.75, 3.05) is 17.2 Å². The fourth-order valence-electron chi connectivity index (χ4n) is 2.75. The number of rotatable bonds is 8. The Labute approximate surface area is 174 Å². The topological polar surface area (TPSA) is 67.4 Å². The Kier molecular flexibility index (Phi) is 7.03. The number of thiophene rings is 1. The van der Waals surface area contributed by atoms with Crippen LogP contribution in [0.5, 0.6) is 5.75 Å². The van der Waals surface area contributed by atoms with E-state index in [2.05, 4.69) is 24.5 Å². The molecule has 3 aromatic rings. The highest BCUT2D eigenvalue weighted by molar-refractivity contribution is 7.12. The van der Waals surface area contributed by atoms with E-state index in [0.717, 1.165) is 6.42 Å². The smallest absolute Gasteiger partial charge is 0.265 e. The molecule has 1 heterocycles. The second-order valence-corrected chi connectivity index (χ2v) is 7.68. The molecule has 3 rings (SSSR count). The molecule has 0 aliphatic heterocycles. The Morgan fingerprint density at radius 2 is 1.72 bits per heavy atom. The normalized spacial score (nSPS) is 11.5. The Balaban J connectivity index is 1.52. The molecule has 0 radical (unpaired) electrons. The van der Waals surface area contributed by atoms with E-state index in [1.165, 1.54) is 16.9 Å². The highest BCUT2D eigenvalue weighted by Crippen LogP contribution is 2.22. The zero-order valence-corrected chi connectivity index (χ0v) is 17.3. The average Bonchev–Trinajstić information content (AvgIpc) is 3.27. The van der Waals surface area contributed by atoms with Crippen molar-refractivity contribution in [2.45, 2.75) is 26.2 Å². The van der Waals surface area contributed by atoms with Crippen LogP contribution in [0.15, 0.2) is 66.0 Å². The van der Waals surface area contributed by atoms with Crippen molar-refractivity contribution in [3.05, 3.63) is 76.5 Å². The first-order chi connectivity index (χ1) is 14.0. The summed E-state index contributed by atoms with van der Waals surface area (Å²) in [5.74, 6) is 0.717. The number of carbonyl (C=O) groups is 2. The van der Waals surface area contributed by atoms with Gasteiger partial charge in [0.2, 0.25) is 0 Å². The van der Waals surface area contributed by atoms with Gasteiger partial charge in [-0.15, -0.1) is 11.3 Å². The standard InChI is InChI=1S/C23H24N2O3S/c1-3-16(2)17-9-11-20(12-10-17)28-15-22(26)24-18-6-4-7-19(14-18)25-23(27)21-8-5-13-29-21/h4-14,16H,3,15H2,1-2H3,(H,24,26)(H,25,27). The molecule has 29 heavy (non-hydrogen) atoms. The number of benzene rings is 2. The molecule has 5 nitrogen and oxygen atoms in total. The van der Waals surface area contributed by atoms with Gasteiger partial charge in [-0.3, -0.25) is 9.59 Å². The summed E-state index contributed by atoms with van der Waals surface area (Å²) in [5.41, 5.74) is 2.46. The van der Waals surface area contributed by atoms with Gasteiger partial charge in [-0.2, -0.15) is 0 Å². The van der Waals surface area contributed by atoms with E-state index in [1.54, 1.807) is 30.3 Å². The largest absolute Gasteiger partial charge is 0.484 e. The molecule has 0 aliphatic carbocycles. The third kappa shape index (κ3) is 5.93. The molecule has 0 spiro atoms. The van der Waals surface area contributed by atoms with E-state index in [4.69, 9.17) is 4.74 Å². The summed E-state index contributed by atoms with van der Waals surface area (Å²) in [6.45, 7) is 4.25. The number of hydrogen-bond acceptors (Lipinski definition) is 4. The molecule has 1 unspecified atom stereocenters. The summed E-state index contributed by atoms with van der Waals surface area (Å²) >= 11 is 1.37. The van der Waals surface area contributed by atoms with Gasteiger partial charge in [-0.1, -0.05) is 38.1 Å². The monoisotopic (exact) mass is 408 g/mol. The van der Waals surface area contributed by atoms with Crippen LogP contribution < -0.4 is 15.4 Å². The summed E-state index contributed by atoms with van der Waals surface area (Å²) in [7, 11) is 0. The molecule has 6 heteroatoms. The number of anilines is 2. The fraction of sp³-hybridized carbons (Fsp3) is 0.217. The molecule has 150 valence electrons. The molecule has 2 N–H and O–H groups in total. The van der Waals surface area contributed by atoms with Gasteiger partial charge in [0, 0.05) is 11.4 Å². The predicted molar refractivity (Wildman–Crippen MR) is 118 cm³/mol. The average molecular weight is 409 g/mol. The lowest BCUT2D eigenvalue weighted by Gasteiger charge is -2.11. The van der Waals surface area contributed by atoms with Crippen LogP contribution in [0.4, 0.5) is 11.4 Å². The maximum absolute atomic E-state index is 12.2. The second kappa shape index (κ2) is 9.89. The molecule has 0 bridgehead atoms. The first kappa shape index (κ1) is 20.6. The predicted octanol–water partition coefficient (Wildman–Crippen LogP) is 5.53. The van der Waals surface area contributed by atoms with Gasteiger partial charge in [0.05, 0.1) is 4.88 Å². The van der Waals surface area contributed by atoms with Crippen molar-refractivity contribution in [1.82, 2.24) is 0 Å². The minimum Gasteiger partial charge on any atom is -0.484 e. The highest BCUT2D eigenvalue weighted by Gasteiger charge is 2.09. The lowest BCUT2D eigenvalue weighted by molar-refractivity contribution is -0.118. The summed E-state index contributed by atoms with van der Waals surface area (Å²) in [5, 5.41) is 7.46. The third-order valence-electron chi connectivity index (χ3n) is 4.58. The first-order valence-corrected chi connectivity index (χ1v) is 10.4. The van der Waals surface area contributed by atoms with E-state index in [-0.39, 0.29) is 18.4 Å². The third-order valence-corrected chi connectivity index (χ3v) is 5.45. The molecule has 0 saturated carbocycles. The molecular weight excluding hydrogens is 384 g/mol. The molecule has 2 amide bonds. The quantitative estimate of drug-likeness (QED) is 0.515. The van der Waals surface area contributed by atoms with Gasteiger partial charge in [0.15, 0.2) is 6.61 Å². The second-order valence-electron chi connectivity index (χ2n) is 6.73. The van der Waals surface area contributed by atoms with Crippen LogP contribution in [0.1, 0.15) is 41.4 Å². The Bertz CT molecular complexity index is 953. The van der Waals surface area contributed by atoms with Gasteiger partial charge < -0.3 is 15.4 Å². The van der Waals surface area contributed by atoms with E-state index in [9.17, 15) is 9.59 Å². The minimum atomic E-state index is -0.266. The number of carbonyl (C=O) groups excluding carboxylic acids is 2. The Morgan fingerprint density at radius 3 is 2.38 bits per heavy atom. The summed E-state index contributed by atoms with van der Waals surface area (Å²) in [4.78, 5) is 25.0. The van der Waals surface area contributed by atoms with Crippen LogP contribution in [0.25, 0.3) is 0 Å². The minimum absolute atomic E-state index is 0.0888. The van der Waals surface area contributed by atoms with Crippen LogP contribution in [0.3, 0.4) is 0 Å². The Hall–Kier alpha value is -3.12. The molecule has 1 atom stereocenters. The zero-order chi connectivity index (χ0) is 20.6. The first-order valence-electron chi connectivity index (χ1n) is 9.52. The van der Waals surface area contributed by atoms with Gasteiger partial charge in [0.25, 0.3) is 11.8 Å². The fourth-order valence-corrected chi connectivity index (χ4v) is 3.37. The number of amides is 2. The van der Waals surface area contributed by atoms with Crippen LogP contribution in [-0.4, -0.2) is 18.4 Å². The van der Waals surface area contributed by atoms with Crippen molar-refractivity contribution in [1.29, 1.82) is 0 Å². The molecule has 0 aliphatic rings. The summed E-state index contributed by atoms with van der Waals surface area (Å²) < 4.78 is 5.57. The van der Waals surface area contributed by atoms with Crippen LogP contribution in [0.2, 0.25) is 0 Å². The Morgan fingerprint density at radius 1 is 1.00 bits per heavy atom. The van der Waals surface area contributed by atoms with Crippen LogP contribution in [-0.2, 0) is 4.79 Å². The SMILES string of the molecule is CCC(C)c1ccc(OCC(=O)Nc2cccc(NC(=O)c3cccs3)c2)cc1. The molecule has 2 aromatic carbocycles. The van der Waals surface area contributed by atoms with Gasteiger partial charge >= 0.3 is 0 Å². The maximum atomic E-state index is 12.2. The lowest BCUT2D eigenvalue weighted by atomic mass is 9.99. The van der Waals surface area contributed by atoms with Gasteiger partial charge in [-0.25, -0.2) is 0 Å². The van der Waals surface area contributed by atoms with Crippen molar-refractivity contribution in [3.63, 3.8) is 0 Å². The van der Waals surface area contributed by atoms with E-state index in [1.807, 2.05) is 35.7 Å². The van der Waals surface area contributed by atoms with E-state index < -0.39 is 0 Å². The van der Waals surface area contributed by atoms with Crippen molar-refractivity contribution in [2.24, 2.45) is 0 Å². The van der Waals surface area contributed by atoms with E-state index in [0.29, 0.717) is 27.9 Å². The highest BCUT2D eigenvalue weighted by atomic mass is 32.1. The number of ether oxygens (including phenoxy) is 1. The summed E-state index contributed by atoms with van der Waals surface area (Å²) in [6.07, 6.45) is 1.08. The maximum Gasteiger partial charge on any atom is 0.265 e.